The number of hydrogen-bond acceptors (Lipinski definition) is 4. The van der Waals surface area contributed by atoms with Gasteiger partial charge >= 0.3 is 0 Å². The highest BCUT2D eigenvalue weighted by Crippen LogP contribution is 2.25. The minimum absolute atomic E-state index is 0. The molecule has 0 aliphatic heterocycles. The van der Waals surface area contributed by atoms with E-state index in [-0.39, 0.29) is 24.0 Å². The second-order valence-corrected chi connectivity index (χ2v) is 5.19. The zero-order chi connectivity index (χ0) is 12.3. The van der Waals surface area contributed by atoms with Crippen LogP contribution in [0.5, 0.6) is 5.75 Å². The molecule has 0 atom stereocenters. The number of rotatable bonds is 4. The molecule has 0 fully saturated rings. The van der Waals surface area contributed by atoms with Gasteiger partial charge in [-0.1, -0.05) is 13.8 Å². The lowest BCUT2D eigenvalue weighted by molar-refractivity contribution is 0.271. The van der Waals surface area contributed by atoms with Crippen LogP contribution in [0.3, 0.4) is 0 Å². The third-order valence-corrected chi connectivity index (χ3v) is 2.93. The molecule has 3 nitrogen and oxygen atoms in total. The second kappa shape index (κ2) is 6.94. The maximum Gasteiger partial charge on any atom is 0.180 e. The fourth-order valence-corrected chi connectivity index (χ4v) is 1.98. The number of nitrogens with zero attached hydrogens (tertiary/aromatic N) is 1. The second-order valence-electron chi connectivity index (χ2n) is 4.30. The highest BCUT2D eigenvalue weighted by molar-refractivity contribution is 14.0. The molecule has 0 aliphatic rings. The van der Waals surface area contributed by atoms with Gasteiger partial charge < -0.3 is 10.5 Å². The highest BCUT2D eigenvalue weighted by Gasteiger charge is 2.03. The normalized spacial score (nSPS) is 10.2. The van der Waals surface area contributed by atoms with Crippen molar-refractivity contribution < 1.29 is 4.74 Å². The van der Waals surface area contributed by atoms with E-state index in [0.29, 0.717) is 11.0 Å². The summed E-state index contributed by atoms with van der Waals surface area (Å²) in [5, 5.41) is 2.55. The van der Waals surface area contributed by atoms with E-state index in [1.807, 2.05) is 29.6 Å². The molecule has 0 saturated carbocycles. The van der Waals surface area contributed by atoms with Gasteiger partial charge in [-0.25, -0.2) is 4.98 Å². The fraction of sp³-hybridized carbons (Fsp3) is 0.308. The van der Waals surface area contributed by atoms with Crippen LogP contribution < -0.4 is 10.5 Å². The van der Waals surface area contributed by atoms with Gasteiger partial charge in [0.05, 0.1) is 12.3 Å². The molecule has 0 radical (unpaired) electrons. The van der Waals surface area contributed by atoms with E-state index in [1.54, 1.807) is 0 Å². The average Bonchev–Trinajstić information content (AvgIpc) is 2.74. The monoisotopic (exact) mass is 376 g/mol. The van der Waals surface area contributed by atoms with E-state index in [4.69, 9.17) is 10.5 Å². The van der Waals surface area contributed by atoms with Crippen molar-refractivity contribution in [2.45, 2.75) is 13.8 Å². The Morgan fingerprint density at radius 3 is 2.44 bits per heavy atom. The molecule has 0 amide bonds. The van der Waals surface area contributed by atoms with E-state index in [0.717, 1.165) is 23.6 Å². The number of nitrogens with two attached hydrogens (primary N) is 1. The number of benzene rings is 1. The summed E-state index contributed by atoms with van der Waals surface area (Å²) in [5.74, 6) is 1.43. The van der Waals surface area contributed by atoms with Crippen molar-refractivity contribution in [1.29, 1.82) is 0 Å². The van der Waals surface area contributed by atoms with Crippen LogP contribution in [-0.4, -0.2) is 11.6 Å². The van der Waals surface area contributed by atoms with Crippen LogP contribution in [0, 0.1) is 5.92 Å². The summed E-state index contributed by atoms with van der Waals surface area (Å²) < 4.78 is 5.62. The maximum absolute atomic E-state index is 5.62. The number of ether oxygens (including phenoxy) is 1. The number of nitrogen functional groups attached to an aromatic ring is 1. The third kappa shape index (κ3) is 4.13. The Kier molecular flexibility index (Phi) is 5.87. The summed E-state index contributed by atoms with van der Waals surface area (Å²) >= 11 is 1.45. The van der Waals surface area contributed by atoms with Crippen LogP contribution in [0.25, 0.3) is 11.3 Å². The first-order valence-electron chi connectivity index (χ1n) is 5.59. The lowest BCUT2D eigenvalue weighted by atomic mass is 10.2. The van der Waals surface area contributed by atoms with Gasteiger partial charge in [-0.15, -0.1) is 35.3 Å². The van der Waals surface area contributed by atoms with Gasteiger partial charge in [0.15, 0.2) is 5.13 Å². The van der Waals surface area contributed by atoms with Crippen LogP contribution in [0.15, 0.2) is 29.6 Å². The summed E-state index contributed by atoms with van der Waals surface area (Å²) in [6.45, 7) is 5.00. The van der Waals surface area contributed by atoms with Crippen molar-refractivity contribution in [3.8, 4) is 17.0 Å². The van der Waals surface area contributed by atoms with Crippen molar-refractivity contribution in [2.24, 2.45) is 5.92 Å². The molecule has 0 saturated heterocycles. The number of hydrogen-bond donors (Lipinski definition) is 1. The lowest BCUT2D eigenvalue weighted by Gasteiger charge is -2.08. The molecule has 2 rings (SSSR count). The number of thiazole rings is 1. The Balaban J connectivity index is 0.00000162. The van der Waals surface area contributed by atoms with Crippen molar-refractivity contribution in [3.63, 3.8) is 0 Å². The molecule has 18 heavy (non-hydrogen) atoms. The van der Waals surface area contributed by atoms with Crippen molar-refractivity contribution in [1.82, 2.24) is 4.98 Å². The first-order chi connectivity index (χ1) is 8.15. The SMILES string of the molecule is CC(C)COc1ccc(-c2csc(N)n2)cc1.I. The van der Waals surface area contributed by atoms with Crippen LogP contribution >= 0.6 is 35.3 Å². The van der Waals surface area contributed by atoms with E-state index in [2.05, 4.69) is 18.8 Å². The lowest BCUT2D eigenvalue weighted by Crippen LogP contribution is -2.04. The number of anilines is 1. The zero-order valence-corrected chi connectivity index (χ0v) is 13.6. The van der Waals surface area contributed by atoms with Gasteiger partial charge in [-0.2, -0.15) is 0 Å². The number of halogens is 1. The Bertz CT molecular complexity index is 482. The largest absolute Gasteiger partial charge is 0.493 e. The molecule has 0 aliphatic carbocycles. The number of aromatic nitrogens is 1. The maximum atomic E-state index is 5.62. The van der Waals surface area contributed by atoms with E-state index in [1.165, 1.54) is 11.3 Å². The molecule has 0 unspecified atom stereocenters. The van der Waals surface area contributed by atoms with Crippen LogP contribution in [0.2, 0.25) is 0 Å². The summed E-state index contributed by atoms with van der Waals surface area (Å²) in [6, 6.07) is 7.94. The molecular formula is C13H17IN2OS. The van der Waals surface area contributed by atoms with Gasteiger partial charge in [0.2, 0.25) is 0 Å². The summed E-state index contributed by atoms with van der Waals surface area (Å²) in [4.78, 5) is 4.24. The van der Waals surface area contributed by atoms with Crippen molar-refractivity contribution in [3.05, 3.63) is 29.6 Å². The minimum Gasteiger partial charge on any atom is -0.493 e. The molecule has 1 aromatic carbocycles. The minimum atomic E-state index is 0. The van der Waals surface area contributed by atoms with Gasteiger partial charge in [-0.05, 0) is 30.2 Å². The molecule has 0 spiro atoms. The molecule has 0 bridgehead atoms. The first-order valence-corrected chi connectivity index (χ1v) is 6.47. The highest BCUT2D eigenvalue weighted by atomic mass is 127. The Labute approximate surface area is 128 Å². The van der Waals surface area contributed by atoms with Crippen molar-refractivity contribution in [2.75, 3.05) is 12.3 Å². The van der Waals surface area contributed by atoms with E-state index in [9.17, 15) is 0 Å². The molecule has 5 heteroatoms. The van der Waals surface area contributed by atoms with Crippen LogP contribution in [0.1, 0.15) is 13.8 Å². The van der Waals surface area contributed by atoms with Crippen LogP contribution in [-0.2, 0) is 0 Å². The van der Waals surface area contributed by atoms with Gasteiger partial charge in [0, 0.05) is 10.9 Å². The third-order valence-electron chi connectivity index (χ3n) is 2.26. The fourth-order valence-electron chi connectivity index (χ4n) is 1.41. The van der Waals surface area contributed by atoms with E-state index >= 15 is 0 Å². The van der Waals surface area contributed by atoms with Crippen LogP contribution in [0.4, 0.5) is 5.13 Å². The molecule has 2 aromatic rings. The summed E-state index contributed by atoms with van der Waals surface area (Å²) in [7, 11) is 0. The molecule has 1 heterocycles. The Morgan fingerprint density at radius 2 is 1.94 bits per heavy atom. The summed E-state index contributed by atoms with van der Waals surface area (Å²) in [6.07, 6.45) is 0. The molecule has 98 valence electrons. The Morgan fingerprint density at radius 1 is 1.28 bits per heavy atom. The van der Waals surface area contributed by atoms with Gasteiger partial charge in [-0.3, -0.25) is 0 Å². The first kappa shape index (κ1) is 15.2. The smallest absolute Gasteiger partial charge is 0.180 e. The molecular weight excluding hydrogens is 359 g/mol. The Hall–Kier alpha value is -0.820. The zero-order valence-electron chi connectivity index (χ0n) is 10.4. The standard InChI is InChI=1S/C13H16N2OS.HI/c1-9(2)7-16-11-5-3-10(4-6-11)12-8-17-13(14)15-12;/h3-6,8-9H,7H2,1-2H3,(H2,14,15);1H. The van der Waals surface area contributed by atoms with Gasteiger partial charge in [0.25, 0.3) is 0 Å². The topological polar surface area (TPSA) is 48.1 Å². The predicted octanol–water partition coefficient (Wildman–Crippen LogP) is 4.05. The molecule has 2 N–H and O–H groups in total. The summed E-state index contributed by atoms with van der Waals surface area (Å²) in [5.41, 5.74) is 7.59. The predicted molar refractivity (Wildman–Crippen MR) is 87.7 cm³/mol. The quantitative estimate of drug-likeness (QED) is 0.820. The van der Waals surface area contributed by atoms with E-state index < -0.39 is 0 Å². The van der Waals surface area contributed by atoms with Crippen molar-refractivity contribution >= 4 is 40.4 Å². The molecule has 1 aromatic heterocycles. The van der Waals surface area contributed by atoms with Gasteiger partial charge in [0.1, 0.15) is 5.75 Å². The average molecular weight is 376 g/mol.